The number of carbonyl (C=O) groups excluding carboxylic acids is 2. The van der Waals surface area contributed by atoms with E-state index in [1.807, 2.05) is 0 Å². The Hall–Kier alpha value is -2.29. The third kappa shape index (κ3) is 5.15. The molecule has 7 nitrogen and oxygen atoms in total. The molecule has 2 rings (SSSR count). The van der Waals surface area contributed by atoms with Gasteiger partial charge in [0.05, 0.1) is 27.2 Å². The molecule has 0 aliphatic heterocycles. The van der Waals surface area contributed by atoms with Crippen LogP contribution in [0.5, 0.6) is 0 Å². The first kappa shape index (κ1) is 22.0. The summed E-state index contributed by atoms with van der Waals surface area (Å²) in [6.45, 7) is 2.44. The lowest BCUT2D eigenvalue weighted by Crippen LogP contribution is -2.37. The molecule has 0 spiro atoms. The predicted octanol–water partition coefficient (Wildman–Crippen LogP) is 3.71. The highest BCUT2D eigenvalue weighted by atomic mass is 35.5. The summed E-state index contributed by atoms with van der Waals surface area (Å²) >= 11 is 12.3. The number of sulfonamides is 1. The van der Waals surface area contributed by atoms with Crippen molar-refractivity contribution >= 4 is 56.5 Å². The third-order valence-electron chi connectivity index (χ3n) is 3.53. The molecular formula is C18H18Cl2N2O5S. The minimum absolute atomic E-state index is 0.0233. The molecule has 0 aliphatic carbocycles. The SMILES string of the molecule is CCOC(=O)CN(c1c(Cl)cccc1Cl)S(=O)(=O)c1ccc(NC(C)=O)cc1. The fraction of sp³-hybridized carbons (Fsp3) is 0.222. The number of nitrogens with zero attached hydrogens (tertiary/aromatic N) is 1. The second kappa shape index (κ2) is 9.27. The molecule has 28 heavy (non-hydrogen) atoms. The molecule has 0 atom stereocenters. The Labute approximate surface area is 173 Å². The van der Waals surface area contributed by atoms with Crippen molar-refractivity contribution in [3.05, 3.63) is 52.5 Å². The molecule has 0 saturated carbocycles. The van der Waals surface area contributed by atoms with Crippen LogP contribution in [0, 0.1) is 0 Å². The van der Waals surface area contributed by atoms with Gasteiger partial charge in [0.25, 0.3) is 10.0 Å². The van der Waals surface area contributed by atoms with Gasteiger partial charge in [0.1, 0.15) is 6.54 Å². The number of nitrogens with one attached hydrogen (secondary N) is 1. The Morgan fingerprint density at radius 3 is 2.14 bits per heavy atom. The zero-order valence-electron chi connectivity index (χ0n) is 15.1. The van der Waals surface area contributed by atoms with Crippen molar-refractivity contribution in [2.24, 2.45) is 0 Å². The highest BCUT2D eigenvalue weighted by Crippen LogP contribution is 2.36. The maximum absolute atomic E-state index is 13.2. The van der Waals surface area contributed by atoms with Crippen molar-refractivity contribution in [2.75, 3.05) is 22.8 Å². The number of ether oxygens (including phenoxy) is 1. The normalized spacial score (nSPS) is 11.0. The van der Waals surface area contributed by atoms with Crippen LogP contribution in [0.25, 0.3) is 0 Å². The molecule has 0 saturated heterocycles. The molecule has 2 aromatic rings. The van der Waals surface area contributed by atoms with Crippen molar-refractivity contribution in [3.63, 3.8) is 0 Å². The molecule has 1 N–H and O–H groups in total. The first-order valence-corrected chi connectivity index (χ1v) is 10.4. The molecular weight excluding hydrogens is 427 g/mol. The van der Waals surface area contributed by atoms with Gasteiger partial charge in [-0.25, -0.2) is 8.42 Å². The summed E-state index contributed by atoms with van der Waals surface area (Å²) < 4.78 is 32.1. The summed E-state index contributed by atoms with van der Waals surface area (Å²) in [5.41, 5.74) is 0.406. The quantitative estimate of drug-likeness (QED) is 0.656. The van der Waals surface area contributed by atoms with Gasteiger partial charge in [0, 0.05) is 12.6 Å². The summed E-state index contributed by atoms with van der Waals surface area (Å²) in [5.74, 6) is -1.04. The first-order chi connectivity index (χ1) is 13.2. The Bertz CT molecular complexity index is 958. The van der Waals surface area contributed by atoms with Crippen LogP contribution in [-0.2, 0) is 24.3 Å². The van der Waals surface area contributed by atoms with Crippen molar-refractivity contribution in [2.45, 2.75) is 18.7 Å². The highest BCUT2D eigenvalue weighted by molar-refractivity contribution is 7.92. The number of para-hydroxylation sites is 1. The number of halogens is 2. The van der Waals surface area contributed by atoms with E-state index in [9.17, 15) is 18.0 Å². The molecule has 10 heteroatoms. The van der Waals surface area contributed by atoms with E-state index in [1.54, 1.807) is 13.0 Å². The molecule has 2 aromatic carbocycles. The average Bonchev–Trinajstić information content (AvgIpc) is 2.61. The summed E-state index contributed by atoms with van der Waals surface area (Å²) in [7, 11) is -4.21. The molecule has 0 aromatic heterocycles. The minimum Gasteiger partial charge on any atom is -0.465 e. The first-order valence-electron chi connectivity index (χ1n) is 8.16. The van der Waals surface area contributed by atoms with Gasteiger partial charge >= 0.3 is 5.97 Å². The Morgan fingerprint density at radius 1 is 1.07 bits per heavy atom. The van der Waals surface area contributed by atoms with Gasteiger partial charge in [-0.3, -0.25) is 13.9 Å². The number of esters is 1. The van der Waals surface area contributed by atoms with Crippen LogP contribution in [0.2, 0.25) is 10.0 Å². The molecule has 0 heterocycles. The smallest absolute Gasteiger partial charge is 0.326 e. The van der Waals surface area contributed by atoms with Crippen LogP contribution in [0.3, 0.4) is 0 Å². The number of hydrogen-bond acceptors (Lipinski definition) is 5. The van der Waals surface area contributed by atoms with Gasteiger partial charge < -0.3 is 10.1 Å². The lowest BCUT2D eigenvalue weighted by molar-refractivity contribution is -0.141. The summed E-state index contributed by atoms with van der Waals surface area (Å²) in [5, 5.41) is 2.68. The van der Waals surface area contributed by atoms with E-state index >= 15 is 0 Å². The Morgan fingerprint density at radius 2 is 1.64 bits per heavy atom. The number of carbonyl (C=O) groups is 2. The van der Waals surface area contributed by atoms with Gasteiger partial charge in [-0.2, -0.15) is 0 Å². The Balaban J connectivity index is 2.52. The summed E-state index contributed by atoms with van der Waals surface area (Å²) in [6.07, 6.45) is 0. The lowest BCUT2D eigenvalue weighted by Gasteiger charge is -2.25. The van der Waals surface area contributed by atoms with Gasteiger partial charge in [0.15, 0.2) is 0 Å². The van der Waals surface area contributed by atoms with Crippen LogP contribution >= 0.6 is 23.2 Å². The fourth-order valence-corrected chi connectivity index (χ4v) is 4.52. The second-order valence-corrected chi connectivity index (χ2v) is 8.27. The van der Waals surface area contributed by atoms with E-state index in [1.165, 1.54) is 43.3 Å². The van der Waals surface area contributed by atoms with Crippen molar-refractivity contribution in [1.29, 1.82) is 0 Å². The number of anilines is 2. The zero-order chi connectivity index (χ0) is 20.9. The van der Waals surface area contributed by atoms with Crippen LogP contribution in [0.4, 0.5) is 11.4 Å². The standard InChI is InChI=1S/C18H18Cl2N2O5S/c1-3-27-17(24)11-22(18-15(19)5-4-6-16(18)20)28(25,26)14-9-7-13(8-10-14)21-12(2)23/h4-10H,3,11H2,1-2H3,(H,21,23). The van der Waals surface area contributed by atoms with E-state index in [4.69, 9.17) is 27.9 Å². The maximum atomic E-state index is 13.2. The maximum Gasteiger partial charge on any atom is 0.326 e. The number of hydrogen-bond donors (Lipinski definition) is 1. The van der Waals surface area contributed by atoms with Crippen LogP contribution in [0.1, 0.15) is 13.8 Å². The molecule has 0 unspecified atom stereocenters. The summed E-state index contributed by atoms with van der Waals surface area (Å²) in [4.78, 5) is 23.1. The molecule has 150 valence electrons. The zero-order valence-corrected chi connectivity index (χ0v) is 17.4. The van der Waals surface area contributed by atoms with Crippen LogP contribution in [0.15, 0.2) is 47.4 Å². The highest BCUT2D eigenvalue weighted by Gasteiger charge is 2.30. The van der Waals surface area contributed by atoms with Crippen molar-refractivity contribution in [1.82, 2.24) is 0 Å². The monoisotopic (exact) mass is 444 g/mol. The minimum atomic E-state index is -4.21. The van der Waals surface area contributed by atoms with E-state index in [0.717, 1.165) is 4.31 Å². The van der Waals surface area contributed by atoms with E-state index < -0.39 is 22.5 Å². The number of rotatable bonds is 7. The molecule has 0 fully saturated rings. The average molecular weight is 445 g/mol. The summed E-state index contributed by atoms with van der Waals surface area (Å²) in [6, 6.07) is 9.99. The predicted molar refractivity (Wildman–Crippen MR) is 108 cm³/mol. The van der Waals surface area contributed by atoms with Crippen molar-refractivity contribution in [3.8, 4) is 0 Å². The number of amides is 1. The van der Waals surface area contributed by atoms with Crippen LogP contribution < -0.4 is 9.62 Å². The molecule has 0 aliphatic rings. The number of benzene rings is 2. The van der Waals surface area contributed by atoms with Gasteiger partial charge in [-0.1, -0.05) is 29.3 Å². The van der Waals surface area contributed by atoms with Crippen LogP contribution in [-0.4, -0.2) is 33.4 Å². The van der Waals surface area contributed by atoms with E-state index in [2.05, 4.69) is 5.32 Å². The van der Waals surface area contributed by atoms with E-state index in [0.29, 0.717) is 5.69 Å². The van der Waals surface area contributed by atoms with E-state index in [-0.39, 0.29) is 33.1 Å². The topological polar surface area (TPSA) is 92.8 Å². The molecule has 0 radical (unpaired) electrons. The van der Waals surface area contributed by atoms with Crippen molar-refractivity contribution < 1.29 is 22.7 Å². The fourth-order valence-electron chi connectivity index (χ4n) is 2.38. The lowest BCUT2D eigenvalue weighted by atomic mass is 10.3. The van der Waals surface area contributed by atoms with Gasteiger partial charge in [-0.15, -0.1) is 0 Å². The second-order valence-electron chi connectivity index (χ2n) is 5.59. The largest absolute Gasteiger partial charge is 0.465 e. The molecule has 0 bridgehead atoms. The third-order valence-corrected chi connectivity index (χ3v) is 5.90. The molecule has 1 amide bonds. The Kier molecular flexibility index (Phi) is 7.29. The van der Waals surface area contributed by atoms with Gasteiger partial charge in [-0.05, 0) is 43.3 Å². The van der Waals surface area contributed by atoms with Gasteiger partial charge in [0.2, 0.25) is 5.91 Å².